The third kappa shape index (κ3) is 3.87. The van der Waals surface area contributed by atoms with Crippen molar-refractivity contribution >= 4 is 12.0 Å². The third-order valence-electron chi connectivity index (χ3n) is 4.87. The molecule has 5 heteroatoms. The van der Waals surface area contributed by atoms with Gasteiger partial charge in [-0.05, 0) is 38.0 Å². The number of amides is 2. The van der Waals surface area contributed by atoms with Crippen molar-refractivity contribution in [2.45, 2.75) is 70.4 Å². The molecule has 2 amide bonds. The molecule has 0 aromatic heterocycles. The Bertz CT molecular complexity index is 359. The van der Waals surface area contributed by atoms with Crippen LogP contribution in [0.15, 0.2) is 0 Å². The van der Waals surface area contributed by atoms with E-state index in [0.717, 1.165) is 19.3 Å². The first-order valence-electron chi connectivity index (χ1n) is 7.90. The van der Waals surface area contributed by atoms with Crippen molar-refractivity contribution in [2.75, 3.05) is 0 Å². The second-order valence-electron chi connectivity index (χ2n) is 6.22. The zero-order valence-corrected chi connectivity index (χ0v) is 12.2. The molecule has 0 heterocycles. The first kappa shape index (κ1) is 15.1. The number of aliphatic carboxylic acids is 1. The van der Waals surface area contributed by atoms with Gasteiger partial charge in [-0.2, -0.15) is 0 Å². The van der Waals surface area contributed by atoms with E-state index in [2.05, 4.69) is 17.6 Å². The minimum absolute atomic E-state index is 0.0137. The normalized spacial score (nSPS) is 33.6. The maximum atomic E-state index is 12.0. The largest absolute Gasteiger partial charge is 0.481 e. The van der Waals surface area contributed by atoms with E-state index in [1.807, 2.05) is 0 Å². The lowest BCUT2D eigenvalue weighted by molar-refractivity contribution is -0.141. The predicted molar refractivity (Wildman–Crippen MR) is 76.5 cm³/mol. The zero-order valence-electron chi connectivity index (χ0n) is 12.2. The quantitative estimate of drug-likeness (QED) is 0.741. The fourth-order valence-electron chi connectivity index (χ4n) is 3.62. The Hall–Kier alpha value is -1.26. The summed E-state index contributed by atoms with van der Waals surface area (Å²) >= 11 is 0. The number of carboxylic acids is 1. The van der Waals surface area contributed by atoms with E-state index in [9.17, 15) is 9.59 Å². The zero-order chi connectivity index (χ0) is 14.5. The van der Waals surface area contributed by atoms with Gasteiger partial charge in [0.05, 0.1) is 5.92 Å². The molecule has 20 heavy (non-hydrogen) atoms. The van der Waals surface area contributed by atoms with E-state index in [0.29, 0.717) is 18.8 Å². The Morgan fingerprint density at radius 2 is 1.85 bits per heavy atom. The molecule has 0 aromatic rings. The predicted octanol–water partition coefficient (Wildman–Crippen LogP) is 2.51. The third-order valence-corrected chi connectivity index (χ3v) is 4.87. The van der Waals surface area contributed by atoms with Gasteiger partial charge in [-0.3, -0.25) is 4.79 Å². The SMILES string of the molecule is CCC1CCCCC1NC(=O)NC1CCC(C(=O)O)C1. The van der Waals surface area contributed by atoms with Gasteiger partial charge in [0, 0.05) is 12.1 Å². The second kappa shape index (κ2) is 6.95. The molecule has 2 saturated carbocycles. The fourth-order valence-corrected chi connectivity index (χ4v) is 3.62. The molecule has 0 aliphatic heterocycles. The molecule has 2 rings (SSSR count). The fraction of sp³-hybridized carbons (Fsp3) is 0.867. The molecule has 2 fully saturated rings. The van der Waals surface area contributed by atoms with Gasteiger partial charge in [0.1, 0.15) is 0 Å². The molecular weight excluding hydrogens is 256 g/mol. The molecule has 4 unspecified atom stereocenters. The van der Waals surface area contributed by atoms with Gasteiger partial charge in [-0.15, -0.1) is 0 Å². The summed E-state index contributed by atoms with van der Waals surface area (Å²) in [7, 11) is 0. The van der Waals surface area contributed by atoms with Gasteiger partial charge in [-0.1, -0.05) is 26.2 Å². The molecule has 2 aliphatic rings. The van der Waals surface area contributed by atoms with Crippen LogP contribution < -0.4 is 10.6 Å². The summed E-state index contributed by atoms with van der Waals surface area (Å²) in [6.45, 7) is 2.18. The maximum absolute atomic E-state index is 12.0. The van der Waals surface area contributed by atoms with Crippen molar-refractivity contribution in [3.63, 3.8) is 0 Å². The van der Waals surface area contributed by atoms with Crippen molar-refractivity contribution in [3.8, 4) is 0 Å². The van der Waals surface area contributed by atoms with E-state index in [4.69, 9.17) is 5.11 Å². The van der Waals surface area contributed by atoms with E-state index in [-0.39, 0.29) is 24.0 Å². The Morgan fingerprint density at radius 1 is 1.10 bits per heavy atom. The summed E-state index contributed by atoms with van der Waals surface area (Å²) in [5.41, 5.74) is 0. The molecule has 2 aliphatic carbocycles. The van der Waals surface area contributed by atoms with Crippen LogP contribution in [0.2, 0.25) is 0 Å². The number of carbonyl (C=O) groups is 2. The van der Waals surface area contributed by atoms with Gasteiger partial charge in [0.25, 0.3) is 0 Å². The van der Waals surface area contributed by atoms with Crippen molar-refractivity contribution in [2.24, 2.45) is 11.8 Å². The smallest absolute Gasteiger partial charge is 0.315 e. The second-order valence-corrected chi connectivity index (χ2v) is 6.22. The van der Waals surface area contributed by atoms with Crippen LogP contribution in [0.5, 0.6) is 0 Å². The molecule has 0 bridgehead atoms. The number of carboxylic acid groups (broad SMARTS) is 1. The number of rotatable bonds is 4. The lowest BCUT2D eigenvalue weighted by atomic mass is 9.83. The first-order chi connectivity index (χ1) is 9.60. The highest BCUT2D eigenvalue weighted by atomic mass is 16.4. The molecule has 0 spiro atoms. The molecule has 5 nitrogen and oxygen atoms in total. The summed E-state index contributed by atoms with van der Waals surface area (Å²) in [4.78, 5) is 22.9. The van der Waals surface area contributed by atoms with Gasteiger partial charge < -0.3 is 15.7 Å². The minimum Gasteiger partial charge on any atom is -0.481 e. The number of hydrogen-bond donors (Lipinski definition) is 3. The lowest BCUT2D eigenvalue weighted by Gasteiger charge is -2.31. The van der Waals surface area contributed by atoms with Gasteiger partial charge in [0.15, 0.2) is 0 Å². The first-order valence-corrected chi connectivity index (χ1v) is 7.90. The Balaban J connectivity index is 1.76. The highest BCUT2D eigenvalue weighted by molar-refractivity contribution is 5.75. The molecule has 0 radical (unpaired) electrons. The Morgan fingerprint density at radius 3 is 2.50 bits per heavy atom. The molecule has 3 N–H and O–H groups in total. The van der Waals surface area contributed by atoms with Gasteiger partial charge in [0.2, 0.25) is 0 Å². The van der Waals surface area contributed by atoms with Crippen LogP contribution in [0.4, 0.5) is 4.79 Å². The van der Waals surface area contributed by atoms with Crippen LogP contribution in [0, 0.1) is 11.8 Å². The monoisotopic (exact) mass is 282 g/mol. The Labute approximate surface area is 120 Å². The molecule has 0 saturated heterocycles. The van der Waals surface area contributed by atoms with Crippen molar-refractivity contribution < 1.29 is 14.7 Å². The van der Waals surface area contributed by atoms with Crippen LogP contribution in [0.3, 0.4) is 0 Å². The lowest BCUT2D eigenvalue weighted by Crippen LogP contribution is -2.49. The highest BCUT2D eigenvalue weighted by Gasteiger charge is 2.31. The summed E-state index contributed by atoms with van der Waals surface area (Å²) in [6, 6.07) is 0.177. The maximum Gasteiger partial charge on any atom is 0.315 e. The highest BCUT2D eigenvalue weighted by Crippen LogP contribution is 2.27. The average Bonchev–Trinajstić information content (AvgIpc) is 2.88. The average molecular weight is 282 g/mol. The number of urea groups is 1. The van der Waals surface area contributed by atoms with Crippen LogP contribution in [0.25, 0.3) is 0 Å². The van der Waals surface area contributed by atoms with E-state index < -0.39 is 5.97 Å². The van der Waals surface area contributed by atoms with E-state index >= 15 is 0 Å². The molecule has 114 valence electrons. The van der Waals surface area contributed by atoms with Crippen LogP contribution in [-0.2, 0) is 4.79 Å². The van der Waals surface area contributed by atoms with Gasteiger partial charge >= 0.3 is 12.0 Å². The standard InChI is InChI=1S/C15H26N2O3/c1-2-10-5-3-4-6-13(10)17-15(20)16-12-8-7-11(9-12)14(18)19/h10-13H,2-9H2,1H3,(H,18,19)(H2,16,17,20). The van der Waals surface area contributed by atoms with E-state index in [1.54, 1.807) is 0 Å². The summed E-state index contributed by atoms with van der Waals surface area (Å²) in [6.07, 6.45) is 7.82. The topological polar surface area (TPSA) is 78.4 Å². The van der Waals surface area contributed by atoms with Gasteiger partial charge in [-0.25, -0.2) is 4.79 Å². The molecular formula is C15H26N2O3. The number of hydrogen-bond acceptors (Lipinski definition) is 2. The van der Waals surface area contributed by atoms with Crippen LogP contribution in [-0.4, -0.2) is 29.2 Å². The van der Waals surface area contributed by atoms with Crippen molar-refractivity contribution in [3.05, 3.63) is 0 Å². The molecule has 4 atom stereocenters. The minimum atomic E-state index is -0.743. The van der Waals surface area contributed by atoms with Crippen LogP contribution in [0.1, 0.15) is 58.3 Å². The molecule has 0 aromatic carbocycles. The Kier molecular flexibility index (Phi) is 5.26. The van der Waals surface area contributed by atoms with Crippen molar-refractivity contribution in [1.82, 2.24) is 10.6 Å². The van der Waals surface area contributed by atoms with E-state index in [1.165, 1.54) is 19.3 Å². The van der Waals surface area contributed by atoms with Crippen LogP contribution >= 0.6 is 0 Å². The summed E-state index contributed by atoms with van der Waals surface area (Å²) in [5, 5.41) is 15.0. The van der Waals surface area contributed by atoms with Crippen molar-refractivity contribution in [1.29, 1.82) is 0 Å². The number of carbonyl (C=O) groups excluding carboxylic acids is 1. The number of nitrogens with one attached hydrogen (secondary N) is 2. The summed E-state index contributed by atoms with van der Waals surface area (Å²) < 4.78 is 0. The summed E-state index contributed by atoms with van der Waals surface area (Å²) in [5.74, 6) is -0.448.